The van der Waals surface area contributed by atoms with Gasteiger partial charge in [-0.25, -0.2) is 0 Å². The van der Waals surface area contributed by atoms with Gasteiger partial charge < -0.3 is 9.94 Å². The topological polar surface area (TPSA) is 60.0 Å². The third kappa shape index (κ3) is 1.44. The van der Waals surface area contributed by atoms with Gasteiger partial charge in [-0.2, -0.15) is 9.99 Å². The summed E-state index contributed by atoms with van der Waals surface area (Å²) in [6.45, 7) is 0. The lowest BCUT2D eigenvalue weighted by atomic mass is 10.1. The summed E-state index contributed by atoms with van der Waals surface area (Å²) >= 11 is 0. The molecule has 0 saturated heterocycles. The number of benzene rings is 1. The largest absolute Gasteiger partial charge is 0.618 e. The Bertz CT molecular complexity index is 558. The number of hydrogen-bond acceptors (Lipinski definition) is 3. The summed E-state index contributed by atoms with van der Waals surface area (Å²) in [5.74, 6) is 0.626. The van der Waals surface area contributed by atoms with Gasteiger partial charge in [0.25, 0.3) is 0 Å². The fraction of sp³-hybridized carbons (Fsp3) is 0.0909. The van der Waals surface area contributed by atoms with Crippen LogP contribution in [0.3, 0.4) is 0 Å². The SMILES string of the molecule is COc1cc[n+]([O-])c2cc(C#N)ccc12. The fourth-order valence-electron chi connectivity index (χ4n) is 1.48. The number of nitrogens with zero attached hydrogens (tertiary/aromatic N) is 2. The van der Waals surface area contributed by atoms with Gasteiger partial charge in [0.05, 0.1) is 24.1 Å². The van der Waals surface area contributed by atoms with E-state index in [9.17, 15) is 5.21 Å². The van der Waals surface area contributed by atoms with E-state index in [1.54, 1.807) is 31.4 Å². The van der Waals surface area contributed by atoms with E-state index in [1.807, 2.05) is 6.07 Å². The molecule has 0 atom stereocenters. The molecule has 1 aromatic carbocycles. The molecular weight excluding hydrogens is 192 g/mol. The van der Waals surface area contributed by atoms with Gasteiger partial charge in [0.2, 0.25) is 5.52 Å². The van der Waals surface area contributed by atoms with Crippen molar-refractivity contribution in [2.24, 2.45) is 0 Å². The predicted octanol–water partition coefficient (Wildman–Crippen LogP) is 1.35. The van der Waals surface area contributed by atoms with Crippen molar-refractivity contribution in [2.75, 3.05) is 7.11 Å². The van der Waals surface area contributed by atoms with Crippen LogP contribution in [0.15, 0.2) is 30.5 Å². The number of aromatic nitrogens is 1. The van der Waals surface area contributed by atoms with Crippen molar-refractivity contribution < 1.29 is 9.47 Å². The molecule has 0 saturated carbocycles. The van der Waals surface area contributed by atoms with E-state index in [2.05, 4.69) is 0 Å². The highest BCUT2D eigenvalue weighted by Gasteiger charge is 2.09. The molecule has 0 radical (unpaired) electrons. The second-order valence-electron chi connectivity index (χ2n) is 3.05. The average Bonchev–Trinajstić information content (AvgIpc) is 2.29. The Balaban J connectivity index is 2.83. The van der Waals surface area contributed by atoms with Crippen LogP contribution in [0.5, 0.6) is 5.75 Å². The van der Waals surface area contributed by atoms with Crippen LogP contribution in [0.1, 0.15) is 5.56 Å². The first-order chi connectivity index (χ1) is 7.26. The molecule has 1 heterocycles. The van der Waals surface area contributed by atoms with Crippen molar-refractivity contribution in [3.05, 3.63) is 41.2 Å². The van der Waals surface area contributed by atoms with E-state index in [0.29, 0.717) is 22.2 Å². The molecule has 74 valence electrons. The van der Waals surface area contributed by atoms with Gasteiger partial charge in [-0.15, -0.1) is 0 Å². The molecule has 4 nitrogen and oxygen atoms in total. The number of methoxy groups -OCH3 is 1. The Kier molecular flexibility index (Phi) is 2.14. The molecule has 2 aromatic rings. The Morgan fingerprint density at radius 1 is 1.40 bits per heavy atom. The second kappa shape index (κ2) is 3.46. The van der Waals surface area contributed by atoms with E-state index >= 15 is 0 Å². The molecule has 0 spiro atoms. The fourth-order valence-corrected chi connectivity index (χ4v) is 1.48. The standard InChI is InChI=1S/C11H8N2O2/c1-15-11-4-5-13(14)10-6-8(7-12)2-3-9(10)11/h2-6H,1H3. The molecule has 0 N–H and O–H groups in total. The Labute approximate surface area is 86.5 Å². The minimum atomic E-state index is 0.438. The van der Waals surface area contributed by atoms with Crippen molar-refractivity contribution in [3.8, 4) is 11.8 Å². The Morgan fingerprint density at radius 3 is 2.87 bits per heavy atom. The van der Waals surface area contributed by atoms with Gasteiger partial charge in [-0.1, -0.05) is 0 Å². The molecule has 4 heteroatoms. The first-order valence-corrected chi connectivity index (χ1v) is 4.36. The summed E-state index contributed by atoms with van der Waals surface area (Å²) in [5.41, 5.74) is 0.897. The van der Waals surface area contributed by atoms with Gasteiger partial charge in [0.15, 0.2) is 6.20 Å². The van der Waals surface area contributed by atoms with Crippen LogP contribution < -0.4 is 9.47 Å². The smallest absolute Gasteiger partial charge is 0.228 e. The summed E-state index contributed by atoms with van der Waals surface area (Å²) in [6, 6.07) is 8.50. The third-order valence-corrected chi connectivity index (χ3v) is 2.21. The molecule has 15 heavy (non-hydrogen) atoms. The first kappa shape index (κ1) is 9.28. The summed E-state index contributed by atoms with van der Waals surface area (Å²) in [6.07, 6.45) is 1.36. The number of fused-ring (bicyclic) bond motifs is 1. The number of nitriles is 1. The molecule has 0 aliphatic rings. The van der Waals surface area contributed by atoms with Crippen LogP contribution in [-0.4, -0.2) is 7.11 Å². The lowest BCUT2D eigenvalue weighted by Gasteiger charge is -2.05. The highest BCUT2D eigenvalue weighted by atomic mass is 16.5. The van der Waals surface area contributed by atoms with Crippen molar-refractivity contribution in [3.63, 3.8) is 0 Å². The Hall–Kier alpha value is -2.28. The highest BCUT2D eigenvalue weighted by Crippen LogP contribution is 2.22. The van der Waals surface area contributed by atoms with Gasteiger partial charge >= 0.3 is 0 Å². The molecule has 1 aromatic heterocycles. The number of pyridine rings is 1. The van der Waals surface area contributed by atoms with Crippen LogP contribution in [0.2, 0.25) is 0 Å². The quantitative estimate of drug-likeness (QED) is 0.515. The van der Waals surface area contributed by atoms with Crippen LogP contribution in [0.4, 0.5) is 0 Å². The number of ether oxygens (including phenoxy) is 1. The van der Waals surface area contributed by atoms with Crippen LogP contribution in [0.25, 0.3) is 10.9 Å². The van der Waals surface area contributed by atoms with E-state index < -0.39 is 0 Å². The molecule has 0 fully saturated rings. The molecule has 0 aliphatic carbocycles. The van der Waals surface area contributed by atoms with Crippen molar-refractivity contribution in [1.29, 1.82) is 5.26 Å². The van der Waals surface area contributed by atoms with E-state index in [-0.39, 0.29) is 0 Å². The third-order valence-electron chi connectivity index (χ3n) is 2.21. The zero-order valence-electron chi connectivity index (χ0n) is 8.10. The first-order valence-electron chi connectivity index (χ1n) is 4.36. The van der Waals surface area contributed by atoms with Crippen LogP contribution >= 0.6 is 0 Å². The van der Waals surface area contributed by atoms with Gasteiger partial charge in [0.1, 0.15) is 5.75 Å². The maximum Gasteiger partial charge on any atom is 0.228 e. The minimum Gasteiger partial charge on any atom is -0.618 e. The lowest BCUT2D eigenvalue weighted by molar-refractivity contribution is -0.577. The summed E-state index contributed by atoms with van der Waals surface area (Å²) in [5, 5.41) is 20.9. The van der Waals surface area contributed by atoms with E-state index in [1.165, 1.54) is 6.20 Å². The predicted molar refractivity (Wildman–Crippen MR) is 54.2 cm³/mol. The zero-order valence-corrected chi connectivity index (χ0v) is 8.10. The Morgan fingerprint density at radius 2 is 2.20 bits per heavy atom. The molecular formula is C11H8N2O2. The molecule has 0 aliphatic heterocycles. The number of hydrogen-bond donors (Lipinski definition) is 0. The minimum absolute atomic E-state index is 0.438. The van der Waals surface area contributed by atoms with Crippen molar-refractivity contribution in [1.82, 2.24) is 0 Å². The van der Waals surface area contributed by atoms with Gasteiger partial charge in [-0.3, -0.25) is 0 Å². The van der Waals surface area contributed by atoms with Gasteiger partial charge in [0, 0.05) is 12.1 Å². The zero-order chi connectivity index (χ0) is 10.8. The molecule has 0 amide bonds. The average molecular weight is 200 g/mol. The lowest BCUT2D eigenvalue weighted by Crippen LogP contribution is -2.26. The van der Waals surface area contributed by atoms with Crippen LogP contribution in [-0.2, 0) is 0 Å². The maximum atomic E-state index is 11.5. The van der Waals surface area contributed by atoms with E-state index in [0.717, 1.165) is 4.73 Å². The van der Waals surface area contributed by atoms with Gasteiger partial charge in [-0.05, 0) is 12.1 Å². The number of rotatable bonds is 1. The normalized spacial score (nSPS) is 9.87. The summed E-state index contributed by atoms with van der Waals surface area (Å²) in [4.78, 5) is 0. The summed E-state index contributed by atoms with van der Waals surface area (Å²) in [7, 11) is 1.54. The summed E-state index contributed by atoms with van der Waals surface area (Å²) < 4.78 is 5.84. The molecule has 0 bridgehead atoms. The van der Waals surface area contributed by atoms with Crippen molar-refractivity contribution >= 4 is 10.9 Å². The van der Waals surface area contributed by atoms with Crippen molar-refractivity contribution in [2.45, 2.75) is 0 Å². The molecule has 0 unspecified atom stereocenters. The van der Waals surface area contributed by atoms with E-state index in [4.69, 9.17) is 10.00 Å². The monoisotopic (exact) mass is 200 g/mol. The second-order valence-corrected chi connectivity index (χ2v) is 3.05. The maximum absolute atomic E-state index is 11.5. The highest BCUT2D eigenvalue weighted by molar-refractivity contribution is 5.83. The van der Waals surface area contributed by atoms with Crippen LogP contribution in [0, 0.1) is 16.5 Å². The molecule has 2 rings (SSSR count).